The first-order valence-corrected chi connectivity index (χ1v) is 10.2. The number of carbonyl (C=O) groups excluding carboxylic acids is 1. The lowest BCUT2D eigenvalue weighted by Gasteiger charge is -2.38. The van der Waals surface area contributed by atoms with Crippen molar-refractivity contribution >= 4 is 6.03 Å². The summed E-state index contributed by atoms with van der Waals surface area (Å²) in [5.41, 5.74) is 2.95. The Morgan fingerprint density at radius 1 is 1.11 bits per heavy atom. The molecule has 2 amide bonds. The zero-order valence-corrected chi connectivity index (χ0v) is 16.9. The first-order valence-electron chi connectivity index (χ1n) is 10.2. The van der Waals surface area contributed by atoms with Crippen LogP contribution in [-0.2, 0) is 12.8 Å². The van der Waals surface area contributed by atoms with Crippen molar-refractivity contribution in [3.8, 4) is 0 Å². The maximum absolute atomic E-state index is 12.6. The van der Waals surface area contributed by atoms with Crippen molar-refractivity contribution in [2.75, 3.05) is 26.2 Å². The van der Waals surface area contributed by atoms with Gasteiger partial charge in [-0.25, -0.2) is 4.79 Å². The van der Waals surface area contributed by atoms with Crippen molar-refractivity contribution in [2.24, 2.45) is 0 Å². The van der Waals surface area contributed by atoms with E-state index in [1.54, 1.807) is 0 Å². The number of hydrogen-bond donors (Lipinski definition) is 1. The lowest BCUT2D eigenvalue weighted by atomic mass is 10.1. The predicted molar refractivity (Wildman–Crippen MR) is 106 cm³/mol. The highest BCUT2D eigenvalue weighted by atomic mass is 16.5. The summed E-state index contributed by atoms with van der Waals surface area (Å²) in [7, 11) is 0. The Balaban J connectivity index is 1.27. The van der Waals surface area contributed by atoms with Crippen LogP contribution in [0.2, 0.25) is 0 Å². The largest absolute Gasteiger partial charge is 0.337 e. The highest BCUT2D eigenvalue weighted by molar-refractivity contribution is 5.74. The molecule has 0 unspecified atom stereocenters. The number of nitrogens with one attached hydrogen (secondary N) is 1. The SMILES string of the molecule is CC(C)c1noc([C@@H](C)NC(=O)N2CCN(C3Cc4ccccc4C3)CC2)n1. The van der Waals surface area contributed by atoms with Crippen LogP contribution in [0.4, 0.5) is 4.79 Å². The Labute approximate surface area is 166 Å². The summed E-state index contributed by atoms with van der Waals surface area (Å²) in [5, 5.41) is 6.96. The lowest BCUT2D eigenvalue weighted by molar-refractivity contribution is 0.109. The number of rotatable bonds is 4. The van der Waals surface area contributed by atoms with Gasteiger partial charge in [-0.2, -0.15) is 4.98 Å². The highest BCUT2D eigenvalue weighted by Gasteiger charge is 2.31. The standard InChI is InChI=1S/C21H29N5O2/c1-14(2)19-23-20(28-24-19)15(3)22-21(27)26-10-8-25(9-11-26)18-12-16-6-4-5-7-17(16)13-18/h4-7,14-15,18H,8-13H2,1-3H3,(H,22,27)/t15-/m1/s1. The van der Waals surface area contributed by atoms with Crippen molar-refractivity contribution in [3.05, 3.63) is 47.1 Å². The summed E-state index contributed by atoms with van der Waals surface area (Å²) in [5.74, 6) is 1.33. The second-order valence-corrected chi connectivity index (χ2v) is 8.17. The van der Waals surface area contributed by atoms with Crippen LogP contribution >= 0.6 is 0 Å². The molecule has 150 valence electrons. The molecule has 7 nitrogen and oxygen atoms in total. The van der Waals surface area contributed by atoms with Crippen LogP contribution < -0.4 is 5.32 Å². The van der Waals surface area contributed by atoms with Crippen LogP contribution in [0.5, 0.6) is 0 Å². The van der Waals surface area contributed by atoms with Gasteiger partial charge in [-0.1, -0.05) is 43.3 Å². The number of carbonyl (C=O) groups is 1. The normalized spacial score (nSPS) is 19.1. The van der Waals surface area contributed by atoms with E-state index < -0.39 is 0 Å². The molecule has 2 heterocycles. The maximum Gasteiger partial charge on any atom is 0.318 e. The van der Waals surface area contributed by atoms with Gasteiger partial charge in [-0.3, -0.25) is 4.90 Å². The van der Waals surface area contributed by atoms with Gasteiger partial charge in [0, 0.05) is 38.1 Å². The summed E-state index contributed by atoms with van der Waals surface area (Å²) in [6.07, 6.45) is 2.24. The van der Waals surface area contributed by atoms with E-state index in [1.165, 1.54) is 11.1 Å². The van der Waals surface area contributed by atoms with E-state index >= 15 is 0 Å². The Hall–Kier alpha value is -2.41. The fraction of sp³-hybridized carbons (Fsp3) is 0.571. The lowest BCUT2D eigenvalue weighted by Crippen LogP contribution is -2.54. The number of hydrogen-bond acceptors (Lipinski definition) is 5. The van der Waals surface area contributed by atoms with Crippen molar-refractivity contribution < 1.29 is 9.32 Å². The second-order valence-electron chi connectivity index (χ2n) is 8.17. The van der Waals surface area contributed by atoms with Gasteiger partial charge in [0.05, 0.1) is 0 Å². The van der Waals surface area contributed by atoms with Crippen molar-refractivity contribution in [1.82, 2.24) is 25.3 Å². The fourth-order valence-corrected chi connectivity index (χ4v) is 4.08. The minimum atomic E-state index is -0.296. The van der Waals surface area contributed by atoms with Crippen molar-refractivity contribution in [3.63, 3.8) is 0 Å². The summed E-state index contributed by atoms with van der Waals surface area (Å²) < 4.78 is 5.29. The first kappa shape index (κ1) is 18.9. The van der Waals surface area contributed by atoms with E-state index in [4.69, 9.17) is 4.52 Å². The van der Waals surface area contributed by atoms with Crippen LogP contribution in [0.15, 0.2) is 28.8 Å². The van der Waals surface area contributed by atoms with E-state index in [-0.39, 0.29) is 18.0 Å². The number of benzene rings is 1. The third kappa shape index (κ3) is 3.90. The van der Waals surface area contributed by atoms with E-state index in [1.807, 2.05) is 25.7 Å². The smallest absolute Gasteiger partial charge is 0.318 e. The molecule has 1 aromatic carbocycles. The number of amides is 2. The van der Waals surface area contributed by atoms with Crippen molar-refractivity contribution in [1.29, 1.82) is 0 Å². The molecule has 2 aliphatic rings. The van der Waals surface area contributed by atoms with E-state index in [0.29, 0.717) is 17.8 Å². The molecular weight excluding hydrogens is 354 g/mol. The third-order valence-electron chi connectivity index (χ3n) is 5.83. The minimum absolute atomic E-state index is 0.0637. The Bertz CT molecular complexity index is 801. The van der Waals surface area contributed by atoms with Gasteiger partial charge in [0.1, 0.15) is 6.04 Å². The van der Waals surface area contributed by atoms with Crippen LogP contribution in [0, 0.1) is 0 Å². The average molecular weight is 383 g/mol. The van der Waals surface area contributed by atoms with Gasteiger partial charge in [0.15, 0.2) is 5.82 Å². The molecule has 1 aliphatic heterocycles. The number of aromatic nitrogens is 2. The molecule has 28 heavy (non-hydrogen) atoms. The maximum atomic E-state index is 12.6. The number of piperazine rings is 1. The molecule has 7 heteroatoms. The molecule has 0 spiro atoms. The number of nitrogens with zero attached hydrogens (tertiary/aromatic N) is 4. The predicted octanol–water partition coefficient (Wildman–Crippen LogP) is 2.75. The Morgan fingerprint density at radius 2 is 1.75 bits per heavy atom. The van der Waals surface area contributed by atoms with Gasteiger partial charge >= 0.3 is 6.03 Å². The molecule has 0 saturated carbocycles. The van der Waals surface area contributed by atoms with Crippen LogP contribution in [0.25, 0.3) is 0 Å². The summed E-state index contributed by atoms with van der Waals surface area (Å²) >= 11 is 0. The molecule has 0 radical (unpaired) electrons. The van der Waals surface area contributed by atoms with E-state index in [9.17, 15) is 4.79 Å². The molecular formula is C21H29N5O2. The zero-order valence-electron chi connectivity index (χ0n) is 16.9. The Kier molecular flexibility index (Phi) is 5.35. The van der Waals surface area contributed by atoms with Gasteiger partial charge < -0.3 is 14.7 Å². The molecule has 1 aromatic heterocycles. The van der Waals surface area contributed by atoms with Gasteiger partial charge in [0.2, 0.25) is 5.89 Å². The molecule has 4 rings (SSSR count). The zero-order chi connectivity index (χ0) is 19.7. The second kappa shape index (κ2) is 7.91. The summed E-state index contributed by atoms with van der Waals surface area (Å²) in [6, 6.07) is 8.93. The quantitative estimate of drug-likeness (QED) is 0.879. The Morgan fingerprint density at radius 3 is 2.32 bits per heavy atom. The topological polar surface area (TPSA) is 74.5 Å². The van der Waals surface area contributed by atoms with Gasteiger partial charge in [-0.05, 0) is 30.9 Å². The van der Waals surface area contributed by atoms with Crippen molar-refractivity contribution in [2.45, 2.75) is 51.6 Å². The molecule has 0 bridgehead atoms. The van der Waals surface area contributed by atoms with Gasteiger partial charge in [0.25, 0.3) is 0 Å². The molecule has 1 fully saturated rings. The number of urea groups is 1. The average Bonchev–Trinajstić information content (AvgIpc) is 3.35. The monoisotopic (exact) mass is 383 g/mol. The highest BCUT2D eigenvalue weighted by Crippen LogP contribution is 2.26. The van der Waals surface area contributed by atoms with Crippen LogP contribution in [0.3, 0.4) is 0 Å². The van der Waals surface area contributed by atoms with E-state index in [0.717, 1.165) is 39.0 Å². The first-order chi connectivity index (χ1) is 13.5. The molecule has 1 saturated heterocycles. The minimum Gasteiger partial charge on any atom is -0.337 e. The fourth-order valence-electron chi connectivity index (χ4n) is 4.08. The summed E-state index contributed by atoms with van der Waals surface area (Å²) in [6.45, 7) is 9.22. The molecule has 2 aromatic rings. The summed E-state index contributed by atoms with van der Waals surface area (Å²) in [4.78, 5) is 21.4. The molecule has 1 atom stereocenters. The third-order valence-corrected chi connectivity index (χ3v) is 5.83. The van der Waals surface area contributed by atoms with Crippen LogP contribution in [0.1, 0.15) is 55.6 Å². The number of fused-ring (bicyclic) bond motifs is 1. The van der Waals surface area contributed by atoms with Crippen LogP contribution in [-0.4, -0.2) is 58.2 Å². The molecule has 1 aliphatic carbocycles. The van der Waals surface area contributed by atoms with Gasteiger partial charge in [-0.15, -0.1) is 0 Å². The molecule has 1 N–H and O–H groups in total. The van der Waals surface area contributed by atoms with E-state index in [2.05, 4.69) is 44.6 Å².